The summed E-state index contributed by atoms with van der Waals surface area (Å²) < 4.78 is 0. The summed E-state index contributed by atoms with van der Waals surface area (Å²) in [6.07, 6.45) is 0. The molecule has 1 nitrogen and oxygen atoms in total. The van der Waals surface area contributed by atoms with Crippen LogP contribution in [0.25, 0.3) is 66.4 Å². The highest BCUT2D eigenvalue weighted by Crippen LogP contribution is 2.58. The summed E-state index contributed by atoms with van der Waals surface area (Å²) in [5.74, 6) is 0. The van der Waals surface area contributed by atoms with E-state index in [-0.39, 0.29) is 10.8 Å². The lowest BCUT2D eigenvalue weighted by Gasteiger charge is -2.28. The minimum Gasteiger partial charge on any atom is -0.310 e. The van der Waals surface area contributed by atoms with Crippen LogP contribution in [0.5, 0.6) is 0 Å². The van der Waals surface area contributed by atoms with E-state index in [1.807, 2.05) is 0 Å². The van der Waals surface area contributed by atoms with Crippen molar-refractivity contribution in [2.75, 3.05) is 4.90 Å². The van der Waals surface area contributed by atoms with Crippen LogP contribution in [-0.2, 0) is 10.8 Å². The quantitative estimate of drug-likeness (QED) is 0.162. The summed E-state index contributed by atoms with van der Waals surface area (Å²) in [6.45, 7) is 14.1. The van der Waals surface area contributed by atoms with Gasteiger partial charge in [0.25, 0.3) is 0 Å². The van der Waals surface area contributed by atoms with Gasteiger partial charge in [-0.1, -0.05) is 167 Å². The van der Waals surface area contributed by atoms with Crippen LogP contribution < -0.4 is 4.90 Å². The maximum atomic E-state index is 2.54. The first-order chi connectivity index (χ1) is 29.6. The van der Waals surface area contributed by atoms with E-state index in [1.54, 1.807) is 0 Å². The molecule has 0 bridgehead atoms. The van der Waals surface area contributed by atoms with Crippen LogP contribution in [0.3, 0.4) is 0 Å². The van der Waals surface area contributed by atoms with Gasteiger partial charge in [-0.25, -0.2) is 0 Å². The van der Waals surface area contributed by atoms with Gasteiger partial charge in [0, 0.05) is 27.6 Å². The Hall–Kier alpha value is -6.96. The summed E-state index contributed by atoms with van der Waals surface area (Å²) in [5, 5.41) is 2.45. The van der Waals surface area contributed by atoms with Gasteiger partial charge in [0.2, 0.25) is 0 Å². The highest BCUT2D eigenvalue weighted by atomic mass is 15.1. The first kappa shape index (κ1) is 37.1. The molecule has 1 heteroatoms. The normalized spacial score (nSPS) is 14.0. The number of benzene rings is 9. The van der Waals surface area contributed by atoms with E-state index < -0.39 is 0 Å². The maximum absolute atomic E-state index is 2.54. The van der Waals surface area contributed by atoms with Crippen molar-refractivity contribution < 1.29 is 0 Å². The first-order valence-corrected chi connectivity index (χ1v) is 21.7. The fraction of sp³-hybridized carbons (Fsp3) is 0.133. The highest BCUT2D eigenvalue weighted by Gasteiger charge is 2.42. The van der Waals surface area contributed by atoms with Crippen LogP contribution >= 0.6 is 0 Å². The minimum absolute atomic E-state index is 0.105. The van der Waals surface area contributed by atoms with Gasteiger partial charge in [0.05, 0.1) is 5.69 Å². The Labute approximate surface area is 360 Å². The molecule has 0 saturated heterocycles. The van der Waals surface area contributed by atoms with Crippen molar-refractivity contribution in [3.8, 4) is 55.6 Å². The van der Waals surface area contributed by atoms with Gasteiger partial charge in [-0.3, -0.25) is 0 Å². The number of nitrogens with zero attached hydrogens (tertiary/aromatic N) is 1. The summed E-state index contributed by atoms with van der Waals surface area (Å²) >= 11 is 0. The predicted octanol–water partition coefficient (Wildman–Crippen LogP) is 16.5. The molecule has 9 aromatic rings. The van der Waals surface area contributed by atoms with Crippen LogP contribution in [0.2, 0.25) is 0 Å². The lowest BCUT2D eigenvalue weighted by Crippen LogP contribution is -2.17. The molecule has 294 valence electrons. The zero-order valence-electron chi connectivity index (χ0n) is 35.8. The molecule has 0 radical (unpaired) electrons. The third-order valence-corrected chi connectivity index (χ3v) is 13.9. The second kappa shape index (κ2) is 13.8. The molecule has 0 amide bonds. The first-order valence-electron chi connectivity index (χ1n) is 21.7. The van der Waals surface area contributed by atoms with E-state index in [0.29, 0.717) is 0 Å². The number of hydrogen-bond acceptors (Lipinski definition) is 1. The molecule has 9 aromatic carbocycles. The van der Waals surface area contributed by atoms with Crippen LogP contribution in [0.15, 0.2) is 188 Å². The monoisotopic (exact) mass is 783 g/mol. The zero-order chi connectivity index (χ0) is 41.6. The summed E-state index contributed by atoms with van der Waals surface area (Å²) in [4.78, 5) is 2.45. The summed E-state index contributed by atoms with van der Waals surface area (Å²) in [5.41, 5.74) is 24.3. The minimum atomic E-state index is -0.176. The second-order valence-corrected chi connectivity index (χ2v) is 18.2. The van der Waals surface area contributed by atoms with E-state index >= 15 is 0 Å². The fourth-order valence-corrected chi connectivity index (χ4v) is 10.6. The molecule has 61 heavy (non-hydrogen) atoms. The largest absolute Gasteiger partial charge is 0.310 e. The topological polar surface area (TPSA) is 3.24 Å². The SMILES string of the molecule is Cc1ccccc1-c1cc(N(c2cccc(-c3ccc4c(c3)C(C)(C)c3cc5c(cc3-4)C(C)(C)c3cccc(-c4ccccc4)c3-5)c2)c2cccc3ccccc23)ccc1C. The smallest absolute Gasteiger partial charge is 0.0540 e. The van der Waals surface area contributed by atoms with Crippen molar-refractivity contribution in [1.29, 1.82) is 0 Å². The van der Waals surface area contributed by atoms with E-state index in [9.17, 15) is 0 Å². The fourth-order valence-electron chi connectivity index (χ4n) is 10.6. The predicted molar refractivity (Wildman–Crippen MR) is 260 cm³/mol. The van der Waals surface area contributed by atoms with Crippen LogP contribution in [0.1, 0.15) is 61.1 Å². The van der Waals surface area contributed by atoms with Crippen molar-refractivity contribution >= 4 is 27.8 Å². The van der Waals surface area contributed by atoms with Crippen molar-refractivity contribution in [1.82, 2.24) is 0 Å². The molecule has 0 saturated carbocycles. The Morgan fingerprint density at radius 3 is 1.80 bits per heavy atom. The molecule has 0 unspecified atom stereocenters. The molecular formula is C60H49N. The van der Waals surface area contributed by atoms with E-state index in [0.717, 1.165) is 17.1 Å². The lowest BCUT2D eigenvalue weighted by atomic mass is 9.79. The van der Waals surface area contributed by atoms with E-state index in [2.05, 4.69) is 234 Å². The zero-order valence-corrected chi connectivity index (χ0v) is 35.8. The highest BCUT2D eigenvalue weighted by molar-refractivity contribution is 6.00. The van der Waals surface area contributed by atoms with Crippen LogP contribution in [-0.4, -0.2) is 0 Å². The number of hydrogen-bond donors (Lipinski definition) is 0. The van der Waals surface area contributed by atoms with Gasteiger partial charge in [-0.2, -0.15) is 0 Å². The Morgan fingerprint density at radius 1 is 0.344 bits per heavy atom. The molecule has 0 N–H and O–H groups in total. The second-order valence-electron chi connectivity index (χ2n) is 18.2. The maximum Gasteiger partial charge on any atom is 0.0540 e. The van der Waals surface area contributed by atoms with Crippen LogP contribution in [0.4, 0.5) is 17.1 Å². The van der Waals surface area contributed by atoms with Crippen LogP contribution in [0, 0.1) is 13.8 Å². The Bertz CT molecular complexity index is 3210. The molecule has 0 fully saturated rings. The van der Waals surface area contributed by atoms with Crippen molar-refractivity contribution in [3.63, 3.8) is 0 Å². The van der Waals surface area contributed by atoms with E-state index in [1.165, 1.54) is 99.8 Å². The molecule has 0 aromatic heterocycles. The van der Waals surface area contributed by atoms with Gasteiger partial charge < -0.3 is 4.90 Å². The van der Waals surface area contributed by atoms with Gasteiger partial charge >= 0.3 is 0 Å². The molecule has 0 aliphatic heterocycles. The number of rotatable bonds is 6. The average molecular weight is 784 g/mol. The summed E-state index contributed by atoms with van der Waals surface area (Å²) in [7, 11) is 0. The molecule has 0 heterocycles. The molecule has 0 atom stereocenters. The number of anilines is 3. The van der Waals surface area contributed by atoms with Gasteiger partial charge in [-0.05, 0) is 157 Å². The third-order valence-electron chi connectivity index (χ3n) is 13.9. The Balaban J connectivity index is 1.03. The van der Waals surface area contributed by atoms with Gasteiger partial charge in [0.1, 0.15) is 0 Å². The molecule has 2 aliphatic rings. The summed E-state index contributed by atoms with van der Waals surface area (Å²) in [6, 6.07) is 70.2. The molecular weight excluding hydrogens is 735 g/mol. The van der Waals surface area contributed by atoms with E-state index in [4.69, 9.17) is 0 Å². The van der Waals surface area contributed by atoms with Crippen molar-refractivity contribution in [3.05, 3.63) is 221 Å². The van der Waals surface area contributed by atoms with Gasteiger partial charge in [0.15, 0.2) is 0 Å². The van der Waals surface area contributed by atoms with Crippen molar-refractivity contribution in [2.45, 2.75) is 52.4 Å². The Kier molecular flexibility index (Phi) is 8.38. The third kappa shape index (κ3) is 5.75. The number of aryl methyl sites for hydroxylation is 2. The molecule has 2 aliphatic carbocycles. The van der Waals surface area contributed by atoms with Crippen molar-refractivity contribution in [2.24, 2.45) is 0 Å². The molecule has 0 spiro atoms. The molecule has 11 rings (SSSR count). The average Bonchev–Trinajstić information content (AvgIpc) is 3.65. The standard InChI is InChI=1S/C60H49N/c1-38-17-10-12-24-46(38)50-35-45(31-29-39(50)2)61(57-28-15-21-40-20-11-13-25-47(40)57)44-23-14-22-42(33-44)43-30-32-49-51-36-56-52(37-55(51)60(5,6)54(49)34-43)58-48(41-18-8-7-9-19-41)26-16-27-53(58)59(56,3)4/h7-37H,1-6H3. The number of fused-ring (bicyclic) bond motifs is 7. The lowest BCUT2D eigenvalue weighted by molar-refractivity contribution is 0.652. The Morgan fingerprint density at radius 2 is 0.951 bits per heavy atom. The van der Waals surface area contributed by atoms with Gasteiger partial charge in [-0.15, -0.1) is 0 Å².